The Kier molecular flexibility index (Phi) is 4.61. The number of fused-ring (bicyclic) bond motifs is 1. The molecule has 1 N–H and O–H groups in total. The lowest BCUT2D eigenvalue weighted by atomic mass is 10.1. The van der Waals surface area contributed by atoms with Gasteiger partial charge in [0.05, 0.1) is 18.4 Å². The molecule has 0 aliphatic carbocycles. The first-order valence-electron chi connectivity index (χ1n) is 7.21. The van der Waals surface area contributed by atoms with Crippen molar-refractivity contribution >= 4 is 16.7 Å². The van der Waals surface area contributed by atoms with Gasteiger partial charge < -0.3 is 14.5 Å². The van der Waals surface area contributed by atoms with Gasteiger partial charge in [-0.25, -0.2) is 0 Å². The van der Waals surface area contributed by atoms with Crippen LogP contribution < -0.4 is 10.1 Å². The summed E-state index contributed by atoms with van der Waals surface area (Å²) in [6.45, 7) is 0.540. The van der Waals surface area contributed by atoms with Gasteiger partial charge in [0.15, 0.2) is 0 Å². The zero-order chi connectivity index (χ0) is 15.9. The third kappa shape index (κ3) is 3.72. The van der Waals surface area contributed by atoms with Gasteiger partial charge in [-0.2, -0.15) is 0 Å². The number of rotatable bonds is 4. The number of ether oxygens (including phenoxy) is 1. The molecule has 3 rings (SSSR count). The molecule has 23 heavy (non-hydrogen) atoms. The minimum Gasteiger partial charge on any atom is -0.480 e. The average molecular weight is 305 g/mol. The molecule has 0 saturated carbocycles. The van der Waals surface area contributed by atoms with Crippen LogP contribution in [0.5, 0.6) is 5.75 Å². The Balaban J connectivity index is 1.51. The fourth-order valence-corrected chi connectivity index (χ4v) is 2.17. The number of benzene rings is 2. The molecule has 0 aliphatic rings. The number of hydrogen-bond acceptors (Lipinski definition) is 3. The van der Waals surface area contributed by atoms with Crippen molar-refractivity contribution in [1.82, 2.24) is 5.32 Å². The number of hydrogen-bond donors (Lipinski definition) is 1. The molecule has 4 nitrogen and oxygen atoms in total. The lowest BCUT2D eigenvalue weighted by Crippen LogP contribution is -2.23. The van der Waals surface area contributed by atoms with Crippen LogP contribution in [-0.2, 0) is 0 Å². The fourth-order valence-electron chi connectivity index (χ4n) is 2.17. The first-order chi connectivity index (χ1) is 11.3. The van der Waals surface area contributed by atoms with Crippen molar-refractivity contribution < 1.29 is 13.9 Å². The van der Waals surface area contributed by atoms with E-state index < -0.39 is 0 Å². The molecule has 1 aromatic heterocycles. The van der Waals surface area contributed by atoms with Gasteiger partial charge in [0.2, 0.25) is 0 Å². The minimum atomic E-state index is -0.206. The Hall–Kier alpha value is -3.19. The Morgan fingerprint density at radius 2 is 1.96 bits per heavy atom. The van der Waals surface area contributed by atoms with Crippen molar-refractivity contribution in [2.75, 3.05) is 13.2 Å². The molecule has 0 atom stereocenters. The molecule has 3 aromatic rings. The number of carbonyl (C=O) groups is 1. The standard InChI is InChI=1S/C19H15NO3/c21-19(16-10-13-22-14-16)20-11-3-4-12-23-18-9-5-7-15-6-1-2-8-17(15)18/h1-2,5-10,13-14H,11-12H2,(H,20,21). The maximum Gasteiger partial charge on any atom is 0.255 e. The maximum atomic E-state index is 11.6. The van der Waals surface area contributed by atoms with E-state index in [2.05, 4.69) is 17.2 Å². The zero-order valence-corrected chi connectivity index (χ0v) is 12.4. The van der Waals surface area contributed by atoms with Crippen LogP contribution in [-0.4, -0.2) is 19.1 Å². The third-order valence-electron chi connectivity index (χ3n) is 3.30. The summed E-state index contributed by atoms with van der Waals surface area (Å²) in [7, 11) is 0. The summed E-state index contributed by atoms with van der Waals surface area (Å²) in [5.74, 6) is 6.35. The van der Waals surface area contributed by atoms with Gasteiger partial charge in [0.25, 0.3) is 5.91 Å². The highest BCUT2D eigenvalue weighted by Crippen LogP contribution is 2.24. The van der Waals surface area contributed by atoms with Crippen LogP contribution in [0.15, 0.2) is 65.5 Å². The number of amides is 1. The molecule has 0 spiro atoms. The van der Waals surface area contributed by atoms with Gasteiger partial charge in [0, 0.05) is 5.39 Å². The maximum absolute atomic E-state index is 11.6. The van der Waals surface area contributed by atoms with Gasteiger partial charge in [0.1, 0.15) is 18.6 Å². The minimum absolute atomic E-state index is 0.206. The monoisotopic (exact) mass is 305 g/mol. The first-order valence-corrected chi connectivity index (χ1v) is 7.21. The van der Waals surface area contributed by atoms with E-state index >= 15 is 0 Å². The predicted molar refractivity (Wildman–Crippen MR) is 88.3 cm³/mol. The second-order valence-corrected chi connectivity index (χ2v) is 4.81. The second kappa shape index (κ2) is 7.19. The molecule has 2 aromatic carbocycles. The van der Waals surface area contributed by atoms with Crippen LogP contribution in [0, 0.1) is 11.8 Å². The molecule has 1 heterocycles. The molecule has 0 saturated heterocycles. The van der Waals surface area contributed by atoms with E-state index in [1.807, 2.05) is 42.5 Å². The van der Waals surface area contributed by atoms with Crippen molar-refractivity contribution in [2.24, 2.45) is 0 Å². The van der Waals surface area contributed by atoms with E-state index in [1.54, 1.807) is 6.07 Å². The number of nitrogens with one attached hydrogen (secondary N) is 1. The second-order valence-electron chi connectivity index (χ2n) is 4.81. The first kappa shape index (κ1) is 14.7. The third-order valence-corrected chi connectivity index (χ3v) is 3.30. The summed E-state index contributed by atoms with van der Waals surface area (Å²) in [5.41, 5.74) is 0.485. The normalized spacial score (nSPS) is 9.91. The van der Waals surface area contributed by atoms with Crippen LogP contribution in [0.25, 0.3) is 10.8 Å². The summed E-state index contributed by atoms with van der Waals surface area (Å²) >= 11 is 0. The Morgan fingerprint density at radius 3 is 2.83 bits per heavy atom. The lowest BCUT2D eigenvalue weighted by Gasteiger charge is -2.06. The zero-order valence-electron chi connectivity index (χ0n) is 12.4. The SMILES string of the molecule is O=C(NCC#CCOc1cccc2ccccc12)c1ccoc1. The lowest BCUT2D eigenvalue weighted by molar-refractivity contribution is 0.0958. The van der Waals surface area contributed by atoms with Crippen LogP contribution >= 0.6 is 0 Å². The molecule has 0 aliphatic heterocycles. The van der Waals surface area contributed by atoms with E-state index in [-0.39, 0.29) is 19.1 Å². The van der Waals surface area contributed by atoms with Crippen LogP contribution in [0.3, 0.4) is 0 Å². The summed E-state index contributed by atoms with van der Waals surface area (Å²) in [5, 5.41) is 4.88. The summed E-state index contributed by atoms with van der Waals surface area (Å²) in [6.07, 6.45) is 2.85. The Morgan fingerprint density at radius 1 is 1.09 bits per heavy atom. The largest absolute Gasteiger partial charge is 0.480 e. The van der Waals surface area contributed by atoms with Crippen LogP contribution in [0.2, 0.25) is 0 Å². The van der Waals surface area contributed by atoms with Gasteiger partial charge in [-0.1, -0.05) is 48.2 Å². The molecule has 0 radical (unpaired) electrons. The highest BCUT2D eigenvalue weighted by molar-refractivity contribution is 5.93. The van der Waals surface area contributed by atoms with Crippen LogP contribution in [0.1, 0.15) is 10.4 Å². The van der Waals surface area contributed by atoms with Crippen molar-refractivity contribution in [1.29, 1.82) is 0 Å². The molecule has 0 bridgehead atoms. The van der Waals surface area contributed by atoms with Gasteiger partial charge in [-0.15, -0.1) is 0 Å². The van der Waals surface area contributed by atoms with Crippen molar-refractivity contribution in [3.05, 3.63) is 66.6 Å². The quantitative estimate of drug-likeness (QED) is 0.753. The molecule has 1 amide bonds. The van der Waals surface area contributed by atoms with Gasteiger partial charge in [-0.3, -0.25) is 4.79 Å². The predicted octanol–water partition coefficient (Wildman–Crippen LogP) is 3.25. The highest BCUT2D eigenvalue weighted by atomic mass is 16.5. The van der Waals surface area contributed by atoms with Crippen molar-refractivity contribution in [3.63, 3.8) is 0 Å². The number of furan rings is 1. The van der Waals surface area contributed by atoms with Crippen molar-refractivity contribution in [3.8, 4) is 17.6 Å². The average Bonchev–Trinajstić information content (AvgIpc) is 3.12. The van der Waals surface area contributed by atoms with E-state index in [1.165, 1.54) is 12.5 Å². The smallest absolute Gasteiger partial charge is 0.255 e. The van der Waals surface area contributed by atoms with Gasteiger partial charge in [-0.05, 0) is 17.5 Å². The summed E-state index contributed by atoms with van der Waals surface area (Å²) in [6, 6.07) is 15.6. The molecule has 0 fully saturated rings. The van der Waals surface area contributed by atoms with Gasteiger partial charge >= 0.3 is 0 Å². The molecular weight excluding hydrogens is 290 g/mol. The molecule has 0 unspecified atom stereocenters. The molecule has 4 heteroatoms. The van der Waals surface area contributed by atoms with Crippen LogP contribution in [0.4, 0.5) is 0 Å². The summed E-state index contributed by atoms with van der Waals surface area (Å²) in [4.78, 5) is 11.6. The van der Waals surface area contributed by atoms with E-state index in [0.29, 0.717) is 5.56 Å². The van der Waals surface area contributed by atoms with E-state index in [9.17, 15) is 4.79 Å². The molecular formula is C19H15NO3. The Bertz CT molecular complexity index is 852. The summed E-state index contributed by atoms with van der Waals surface area (Å²) < 4.78 is 10.5. The van der Waals surface area contributed by atoms with Crippen molar-refractivity contribution in [2.45, 2.75) is 0 Å². The topological polar surface area (TPSA) is 51.5 Å². The Labute approximate surface area is 134 Å². The van der Waals surface area contributed by atoms with E-state index in [0.717, 1.165) is 16.5 Å². The number of carbonyl (C=O) groups excluding carboxylic acids is 1. The molecule has 114 valence electrons. The fraction of sp³-hybridized carbons (Fsp3) is 0.105. The van der Waals surface area contributed by atoms with E-state index in [4.69, 9.17) is 9.15 Å². The highest BCUT2D eigenvalue weighted by Gasteiger charge is 2.04.